The number of halogens is 1. The van der Waals surface area contributed by atoms with E-state index in [-0.39, 0.29) is 17.0 Å². The van der Waals surface area contributed by atoms with E-state index in [1.807, 2.05) is 0 Å². The normalized spacial score (nSPS) is 13.7. The molecule has 0 aliphatic heterocycles. The molecule has 0 atom stereocenters. The Labute approximate surface area is 174 Å². The zero-order valence-electron chi connectivity index (χ0n) is 15.4. The van der Waals surface area contributed by atoms with Crippen molar-refractivity contribution in [3.05, 3.63) is 125 Å². The highest BCUT2D eigenvalue weighted by molar-refractivity contribution is 7.84. The number of hydrogen-bond donors (Lipinski definition) is 0. The quantitative estimate of drug-likeness (QED) is 0.495. The minimum absolute atomic E-state index is 0. The molecule has 3 aromatic carbocycles. The van der Waals surface area contributed by atoms with E-state index in [2.05, 4.69) is 133 Å². The topological polar surface area (TPSA) is 0 Å². The third kappa shape index (κ3) is 7.13. The van der Waals surface area contributed by atoms with Gasteiger partial charge in [0.1, 0.15) is 0 Å². The first-order chi connectivity index (χ1) is 12.7. The van der Waals surface area contributed by atoms with Crippen LogP contribution in [0.25, 0.3) is 18.2 Å². The van der Waals surface area contributed by atoms with Crippen LogP contribution in [-0.2, 0) is 0 Å². The van der Waals surface area contributed by atoms with Gasteiger partial charge in [-0.2, -0.15) is 0 Å². The van der Waals surface area contributed by atoms with Crippen molar-refractivity contribution in [1.82, 2.24) is 0 Å². The van der Waals surface area contributed by atoms with Gasteiger partial charge in [0.25, 0.3) is 0 Å². The lowest BCUT2D eigenvalue weighted by Crippen LogP contribution is -3.00. The highest BCUT2D eigenvalue weighted by Gasteiger charge is 2.21. The molecule has 0 spiro atoms. The van der Waals surface area contributed by atoms with Gasteiger partial charge in [-0.3, -0.25) is 0 Å². The summed E-state index contributed by atoms with van der Waals surface area (Å²) in [4.78, 5) is 0. The summed E-state index contributed by atoms with van der Waals surface area (Å²) in [7, 11) is -1.51. The zero-order chi connectivity index (χ0) is 18.1. The lowest BCUT2D eigenvalue weighted by Gasteiger charge is -2.09. The number of benzene rings is 3. The lowest BCUT2D eigenvalue weighted by molar-refractivity contribution is -0.00000508. The molecule has 2 heteroatoms. The van der Waals surface area contributed by atoms with Gasteiger partial charge in [-0.15, -0.1) is 0 Å². The number of hydrogen-bond acceptors (Lipinski definition) is 0. The van der Waals surface area contributed by atoms with Crippen LogP contribution in [0.4, 0.5) is 0 Å². The van der Waals surface area contributed by atoms with Gasteiger partial charge in [0, 0.05) is 0 Å². The molecule has 0 aliphatic rings. The maximum Gasteiger partial charge on any atom is 0.0862 e. The first kappa shape index (κ1) is 21.1. The first-order valence-electron chi connectivity index (χ1n) is 8.82. The summed E-state index contributed by atoms with van der Waals surface area (Å²) in [6, 6.07) is 31.5. The van der Waals surface area contributed by atoms with Crippen LogP contribution in [0.1, 0.15) is 16.7 Å². The summed E-state index contributed by atoms with van der Waals surface area (Å²) >= 11 is 0. The SMILES string of the molecule is C[P+](C=Cc1ccccc1)(C=Cc1ccccc1)C=Cc1ccccc1.[Br-]. The molecule has 0 saturated heterocycles. The minimum atomic E-state index is -1.51. The fourth-order valence-electron chi connectivity index (χ4n) is 2.58. The van der Waals surface area contributed by atoms with Crippen LogP contribution in [0.2, 0.25) is 0 Å². The Morgan fingerprint density at radius 2 is 0.741 bits per heavy atom. The summed E-state index contributed by atoms with van der Waals surface area (Å²) < 4.78 is 0. The fraction of sp³-hybridized carbons (Fsp3) is 0.0400. The van der Waals surface area contributed by atoms with E-state index in [0.29, 0.717) is 0 Å². The molecule has 0 amide bonds. The average molecular weight is 435 g/mol. The molecule has 0 heterocycles. The van der Waals surface area contributed by atoms with E-state index in [1.165, 1.54) is 16.7 Å². The van der Waals surface area contributed by atoms with Crippen LogP contribution in [-0.4, -0.2) is 6.66 Å². The molecule has 0 bridgehead atoms. The van der Waals surface area contributed by atoms with E-state index >= 15 is 0 Å². The molecule has 0 unspecified atom stereocenters. The molecule has 136 valence electrons. The van der Waals surface area contributed by atoms with Crippen LogP contribution in [0.3, 0.4) is 0 Å². The standard InChI is InChI=1S/C25H24P.BrH/c1-26(20-17-23-11-5-2-6-12-23,21-18-24-13-7-3-8-14-24)22-19-25-15-9-4-10-16-25;/h2-22H,1H3;1H/q+1;/p-1. The molecule has 3 rings (SSSR count). The van der Waals surface area contributed by atoms with Crippen LogP contribution in [0.5, 0.6) is 0 Å². The Morgan fingerprint density at radius 1 is 0.481 bits per heavy atom. The molecule has 0 saturated carbocycles. The van der Waals surface area contributed by atoms with Gasteiger partial charge in [-0.25, -0.2) is 0 Å². The third-order valence-electron chi connectivity index (χ3n) is 4.16. The van der Waals surface area contributed by atoms with Gasteiger partial charge < -0.3 is 17.0 Å². The van der Waals surface area contributed by atoms with Gasteiger partial charge in [-0.05, 0) is 34.9 Å². The maximum absolute atomic E-state index is 2.36. The molecule has 0 nitrogen and oxygen atoms in total. The van der Waals surface area contributed by atoms with Gasteiger partial charge in [-0.1, -0.05) is 91.0 Å². The Morgan fingerprint density at radius 3 is 1.00 bits per heavy atom. The van der Waals surface area contributed by atoms with Crippen LogP contribution >= 0.6 is 7.26 Å². The van der Waals surface area contributed by atoms with Gasteiger partial charge >= 0.3 is 0 Å². The summed E-state index contributed by atoms with van der Waals surface area (Å²) in [5, 5.41) is 0. The summed E-state index contributed by atoms with van der Waals surface area (Å²) in [6.45, 7) is 2.34. The summed E-state index contributed by atoms with van der Waals surface area (Å²) in [5.41, 5.74) is 3.71. The van der Waals surface area contributed by atoms with Crippen molar-refractivity contribution in [2.75, 3.05) is 6.66 Å². The second-order valence-electron chi connectivity index (χ2n) is 6.40. The van der Waals surface area contributed by atoms with E-state index < -0.39 is 7.26 Å². The van der Waals surface area contributed by atoms with Crippen LogP contribution in [0.15, 0.2) is 108 Å². The monoisotopic (exact) mass is 434 g/mol. The third-order valence-corrected chi connectivity index (χ3v) is 6.54. The smallest absolute Gasteiger partial charge is 0.0862 e. The van der Waals surface area contributed by atoms with E-state index in [4.69, 9.17) is 0 Å². The largest absolute Gasteiger partial charge is 1.00 e. The van der Waals surface area contributed by atoms with Gasteiger partial charge in [0.2, 0.25) is 0 Å². The lowest BCUT2D eigenvalue weighted by atomic mass is 10.2. The van der Waals surface area contributed by atoms with Crippen molar-refractivity contribution in [3.63, 3.8) is 0 Å². The van der Waals surface area contributed by atoms with Crippen molar-refractivity contribution in [2.45, 2.75) is 0 Å². The molecule has 0 N–H and O–H groups in total. The first-order valence-corrected chi connectivity index (χ1v) is 11.3. The molecule has 3 aromatic rings. The Balaban J connectivity index is 0.00000261. The van der Waals surface area contributed by atoms with Crippen molar-refractivity contribution >= 4 is 25.5 Å². The van der Waals surface area contributed by atoms with E-state index in [1.54, 1.807) is 0 Å². The summed E-state index contributed by atoms with van der Waals surface area (Å²) in [6.07, 6.45) is 6.70. The molecular weight excluding hydrogens is 411 g/mol. The maximum atomic E-state index is 2.36. The van der Waals surface area contributed by atoms with E-state index in [0.717, 1.165) is 0 Å². The van der Waals surface area contributed by atoms with E-state index in [9.17, 15) is 0 Å². The predicted octanol–water partition coefficient (Wildman–Crippen LogP) is 4.65. The molecule has 27 heavy (non-hydrogen) atoms. The molecule has 0 aromatic heterocycles. The Hall–Kier alpha value is -2.21. The second kappa shape index (κ2) is 10.8. The Bertz CT molecular complexity index is 761. The predicted molar refractivity (Wildman–Crippen MR) is 119 cm³/mol. The molecular formula is C25H24BrP. The van der Waals surface area contributed by atoms with Crippen molar-refractivity contribution in [3.8, 4) is 0 Å². The molecule has 0 fully saturated rings. The average Bonchev–Trinajstić information content (AvgIpc) is 2.72. The highest BCUT2D eigenvalue weighted by atomic mass is 79.9. The fourth-order valence-corrected chi connectivity index (χ4v) is 4.36. The molecule has 0 aliphatic carbocycles. The number of rotatable bonds is 6. The van der Waals surface area contributed by atoms with Crippen molar-refractivity contribution in [2.24, 2.45) is 0 Å². The van der Waals surface area contributed by atoms with Gasteiger partial charge in [0.15, 0.2) is 0 Å². The second-order valence-corrected chi connectivity index (χ2v) is 9.74. The molecule has 0 radical (unpaired) electrons. The van der Waals surface area contributed by atoms with Crippen molar-refractivity contribution in [1.29, 1.82) is 0 Å². The zero-order valence-corrected chi connectivity index (χ0v) is 17.9. The highest BCUT2D eigenvalue weighted by Crippen LogP contribution is 2.61. The van der Waals surface area contributed by atoms with Crippen LogP contribution in [0, 0.1) is 0 Å². The Kier molecular flexibility index (Phi) is 8.45. The summed E-state index contributed by atoms with van der Waals surface area (Å²) in [5.74, 6) is 7.09. The minimum Gasteiger partial charge on any atom is -1.00 e. The van der Waals surface area contributed by atoms with Crippen LogP contribution < -0.4 is 17.0 Å². The van der Waals surface area contributed by atoms with Crippen molar-refractivity contribution < 1.29 is 17.0 Å². The van der Waals surface area contributed by atoms with Gasteiger partial charge in [0.05, 0.1) is 31.4 Å².